The number of hydrogen-bond acceptors (Lipinski definition) is 2. The largest absolute Gasteiger partial charge is 0.298 e. The first-order chi connectivity index (χ1) is 4.72. The molecule has 56 valence electrons. The van der Waals surface area contributed by atoms with Gasteiger partial charge in [-0.1, -0.05) is 0 Å². The van der Waals surface area contributed by atoms with Crippen molar-refractivity contribution in [1.29, 1.82) is 0 Å². The van der Waals surface area contributed by atoms with E-state index in [1.54, 1.807) is 14.1 Å². The van der Waals surface area contributed by atoms with Crippen LogP contribution in [0.4, 0.5) is 8.78 Å². The van der Waals surface area contributed by atoms with Crippen LogP contribution in [-0.4, -0.2) is 51.9 Å². The van der Waals surface area contributed by atoms with E-state index in [1.165, 1.54) is 24.7 Å². The zero-order chi connectivity index (χ0) is 7.98. The average Bonchev–Trinajstić information content (AvgIpc) is 1.89. The summed E-state index contributed by atoms with van der Waals surface area (Å²) in [6, 6.07) is 0. The van der Waals surface area contributed by atoms with Gasteiger partial charge in [0, 0.05) is 0 Å². The minimum absolute atomic E-state index is 0.541. The average molecular weight is 146 g/mol. The molecule has 0 rings (SSSR count). The Morgan fingerprint density at radius 1 is 1.00 bits per heavy atom. The molecule has 2 nitrogen and oxygen atoms in total. The third-order valence-electron chi connectivity index (χ3n) is 1.16. The maximum atomic E-state index is 11.6. The molecular weight excluding hydrogens is 136 g/mol. The molecule has 0 N–H and O–H groups in total. The summed E-state index contributed by atoms with van der Waals surface area (Å²) >= 11 is 0. The third kappa shape index (κ3) is 3.85. The normalized spacial score (nSPS) is 10.6. The molecule has 2 radical (unpaired) electrons. The predicted molar refractivity (Wildman–Crippen MR) is 39.0 cm³/mol. The van der Waals surface area contributed by atoms with Gasteiger partial charge in [0.2, 0.25) is 0 Å². The minimum Gasteiger partial charge on any atom is -0.298 e. The van der Waals surface area contributed by atoms with Crippen molar-refractivity contribution in [3.05, 3.63) is 0 Å². The Balaban J connectivity index is 3.38. The molecule has 0 saturated heterocycles. The fourth-order valence-electron chi connectivity index (χ4n) is 0.457. The summed E-state index contributed by atoms with van der Waals surface area (Å²) in [4.78, 5) is 2.94. The lowest BCUT2D eigenvalue weighted by Gasteiger charge is -2.25. The molecule has 0 unspecified atom stereocenters. The van der Waals surface area contributed by atoms with Gasteiger partial charge in [0.05, 0.1) is 13.1 Å². The minimum atomic E-state index is -0.541. The van der Waals surface area contributed by atoms with E-state index in [0.717, 1.165) is 0 Å². The Labute approximate surface area is 61.7 Å². The SMILES string of the molecule is CN([B]CF)N(C)[B]CF. The first-order valence-corrected chi connectivity index (χ1v) is 2.96. The van der Waals surface area contributed by atoms with E-state index in [4.69, 9.17) is 0 Å². The van der Waals surface area contributed by atoms with Gasteiger partial charge in [-0.3, -0.25) is 18.6 Å². The smallest absolute Gasteiger partial charge is 0.265 e. The monoisotopic (exact) mass is 146 g/mol. The topological polar surface area (TPSA) is 6.48 Å². The first kappa shape index (κ1) is 9.91. The van der Waals surface area contributed by atoms with Gasteiger partial charge in [-0.2, -0.15) is 0 Å². The van der Waals surface area contributed by atoms with E-state index < -0.39 is 13.1 Å². The summed E-state index contributed by atoms with van der Waals surface area (Å²) in [7, 11) is 5.91. The number of halogens is 2. The Morgan fingerprint density at radius 3 is 1.50 bits per heavy atom. The lowest BCUT2D eigenvalue weighted by atomic mass is 9.92. The van der Waals surface area contributed by atoms with Crippen LogP contribution in [0.2, 0.25) is 0 Å². The molecule has 0 atom stereocenters. The number of rotatable bonds is 5. The van der Waals surface area contributed by atoms with Gasteiger partial charge in [-0.05, 0) is 14.1 Å². The van der Waals surface area contributed by atoms with Gasteiger partial charge in [0.1, 0.15) is 0 Å². The Hall–Kier alpha value is -0.0901. The van der Waals surface area contributed by atoms with Gasteiger partial charge in [0.25, 0.3) is 14.8 Å². The molecule has 0 fully saturated rings. The van der Waals surface area contributed by atoms with Crippen LogP contribution in [-0.2, 0) is 0 Å². The first-order valence-electron chi connectivity index (χ1n) is 2.96. The summed E-state index contributed by atoms with van der Waals surface area (Å²) < 4.78 is 23.2. The van der Waals surface area contributed by atoms with Gasteiger partial charge in [-0.15, -0.1) is 0 Å². The van der Waals surface area contributed by atoms with Crippen molar-refractivity contribution >= 4 is 14.8 Å². The van der Waals surface area contributed by atoms with Gasteiger partial charge in [-0.25, -0.2) is 0 Å². The zero-order valence-electron chi connectivity index (χ0n) is 6.22. The summed E-state index contributed by atoms with van der Waals surface area (Å²) in [5, 5.41) is 0. The molecule has 0 aromatic carbocycles. The number of alkyl halides is 2. The third-order valence-corrected chi connectivity index (χ3v) is 1.16. The van der Waals surface area contributed by atoms with Crippen LogP contribution in [0, 0.1) is 0 Å². The van der Waals surface area contributed by atoms with E-state index in [9.17, 15) is 8.78 Å². The molecule has 0 aromatic heterocycles. The molecule has 0 aliphatic carbocycles. The standard InChI is InChI=1S/C4H10B2F2N2/c1-9(5-3-7)10(2)6-4-8/h3-4H2,1-2H3. The van der Waals surface area contributed by atoms with Crippen LogP contribution in [0.5, 0.6) is 0 Å². The summed E-state index contributed by atoms with van der Waals surface area (Å²) in [6.07, 6.45) is 0. The van der Waals surface area contributed by atoms with Crippen molar-refractivity contribution in [3.63, 3.8) is 0 Å². The molecule has 10 heavy (non-hydrogen) atoms. The summed E-state index contributed by atoms with van der Waals surface area (Å²) in [6.45, 7) is -1.08. The van der Waals surface area contributed by atoms with Crippen molar-refractivity contribution in [2.45, 2.75) is 0 Å². The van der Waals surface area contributed by atoms with Crippen molar-refractivity contribution in [2.75, 3.05) is 27.2 Å². The molecule has 0 aromatic rings. The van der Waals surface area contributed by atoms with Crippen LogP contribution in [0.15, 0.2) is 0 Å². The van der Waals surface area contributed by atoms with Crippen LogP contribution >= 0.6 is 0 Å². The zero-order valence-corrected chi connectivity index (χ0v) is 6.22. The second-order valence-electron chi connectivity index (χ2n) is 1.82. The van der Waals surface area contributed by atoms with Crippen molar-refractivity contribution in [1.82, 2.24) is 9.84 Å². The Bertz CT molecular complexity index is 75.7. The van der Waals surface area contributed by atoms with Crippen LogP contribution in [0.25, 0.3) is 0 Å². The lowest BCUT2D eigenvalue weighted by Crippen LogP contribution is -2.43. The van der Waals surface area contributed by atoms with Crippen LogP contribution < -0.4 is 0 Å². The van der Waals surface area contributed by atoms with Gasteiger partial charge >= 0.3 is 0 Å². The van der Waals surface area contributed by atoms with Crippen LogP contribution in [0.1, 0.15) is 0 Å². The van der Waals surface area contributed by atoms with Crippen molar-refractivity contribution in [2.24, 2.45) is 0 Å². The van der Waals surface area contributed by atoms with Gasteiger partial charge < -0.3 is 0 Å². The Morgan fingerprint density at radius 2 is 1.30 bits per heavy atom. The number of hydrazine groups is 1. The predicted octanol–water partition coefficient (Wildman–Crippen LogP) is -0.143. The van der Waals surface area contributed by atoms with E-state index in [0.29, 0.717) is 0 Å². The van der Waals surface area contributed by atoms with E-state index in [2.05, 4.69) is 0 Å². The molecule has 0 bridgehead atoms. The highest BCUT2D eigenvalue weighted by molar-refractivity contribution is 6.36. The fraction of sp³-hybridized carbons (Fsp3) is 1.00. The lowest BCUT2D eigenvalue weighted by molar-refractivity contribution is 0.234. The summed E-state index contributed by atoms with van der Waals surface area (Å²) in [5.41, 5.74) is 0. The molecule has 0 heterocycles. The molecule has 0 amide bonds. The van der Waals surface area contributed by atoms with Crippen molar-refractivity contribution < 1.29 is 8.78 Å². The highest BCUT2D eigenvalue weighted by Crippen LogP contribution is 1.85. The molecule has 0 aliphatic rings. The Kier molecular flexibility index (Phi) is 5.63. The molecule has 0 aliphatic heterocycles. The maximum Gasteiger partial charge on any atom is 0.265 e. The van der Waals surface area contributed by atoms with E-state index in [1.807, 2.05) is 0 Å². The van der Waals surface area contributed by atoms with Gasteiger partial charge in [0.15, 0.2) is 0 Å². The van der Waals surface area contributed by atoms with Crippen LogP contribution in [0.3, 0.4) is 0 Å². The van der Waals surface area contributed by atoms with Crippen molar-refractivity contribution in [3.8, 4) is 0 Å². The number of nitrogens with zero attached hydrogens (tertiary/aromatic N) is 2. The fourth-order valence-corrected chi connectivity index (χ4v) is 0.457. The molecular formula is C4H10B2F2N2. The highest BCUT2D eigenvalue weighted by atomic mass is 19.1. The number of hydrogen-bond donors (Lipinski definition) is 0. The second-order valence-corrected chi connectivity index (χ2v) is 1.82. The second kappa shape index (κ2) is 5.68. The molecule has 0 spiro atoms. The van der Waals surface area contributed by atoms with E-state index in [-0.39, 0.29) is 0 Å². The van der Waals surface area contributed by atoms with E-state index >= 15 is 0 Å². The molecule has 0 saturated carbocycles. The summed E-state index contributed by atoms with van der Waals surface area (Å²) in [5.74, 6) is 0. The maximum absolute atomic E-state index is 11.6. The quantitative estimate of drug-likeness (QED) is 0.393. The highest BCUT2D eigenvalue weighted by Gasteiger charge is 2.06. The molecule has 6 heteroatoms.